The molecule has 3 N–H and O–H groups in total. The summed E-state index contributed by atoms with van der Waals surface area (Å²) in [4.78, 5) is 31.5. The van der Waals surface area contributed by atoms with Gasteiger partial charge in [0, 0.05) is 36.6 Å². The van der Waals surface area contributed by atoms with Crippen LogP contribution in [0.2, 0.25) is 5.02 Å². The molecule has 0 aliphatic heterocycles. The number of fused-ring (bicyclic) bond motifs is 1. The van der Waals surface area contributed by atoms with Gasteiger partial charge in [0.1, 0.15) is 0 Å². The molecule has 0 saturated heterocycles. The molecule has 1 amide bonds. The second kappa shape index (κ2) is 12.7. The van der Waals surface area contributed by atoms with Crippen molar-refractivity contribution in [2.75, 3.05) is 32.5 Å². The zero-order chi connectivity index (χ0) is 26.7. The maximum atomic E-state index is 14.2. The number of likely N-dealkylation sites (N-methyl/N-ethyl adjacent to an activating group) is 1. The molecule has 1 saturated carbocycles. The minimum absolute atomic E-state index is 0. The number of benzene rings is 2. The maximum absolute atomic E-state index is 14.2. The Kier molecular flexibility index (Phi) is 9.93. The Hall–Kier alpha value is -2.94. The number of ketones is 1. The fourth-order valence-corrected chi connectivity index (χ4v) is 4.99. The molecule has 1 aliphatic carbocycles. The van der Waals surface area contributed by atoms with Crippen molar-refractivity contribution < 1.29 is 19.1 Å². The molecule has 0 bridgehead atoms. The fraction of sp³-hybridized carbons (Fsp3) is 0.393. The lowest BCUT2D eigenvalue weighted by molar-refractivity contribution is -0.125. The molecule has 4 rings (SSSR count). The van der Waals surface area contributed by atoms with E-state index < -0.39 is 11.6 Å². The number of rotatable bonds is 8. The molecule has 1 aromatic heterocycles. The minimum Gasteiger partial charge on any atom is -0.504 e. The zero-order valence-corrected chi connectivity index (χ0v) is 23.3. The normalized spacial score (nSPS) is 17.2. The van der Waals surface area contributed by atoms with Crippen LogP contribution in [-0.4, -0.2) is 59.9 Å². The molecule has 0 atom stereocenters. The van der Waals surface area contributed by atoms with Crippen LogP contribution in [0.5, 0.6) is 5.75 Å². The van der Waals surface area contributed by atoms with Gasteiger partial charge in [0.15, 0.2) is 17.3 Å². The van der Waals surface area contributed by atoms with Crippen LogP contribution in [0.4, 0.5) is 10.1 Å². The molecule has 3 aromatic rings. The number of nitrogens with zero attached hydrogens (tertiary/aromatic N) is 2. The van der Waals surface area contributed by atoms with Gasteiger partial charge in [-0.2, -0.15) is 0 Å². The number of halogens is 3. The first-order chi connectivity index (χ1) is 17.6. The van der Waals surface area contributed by atoms with Crippen LogP contribution in [0.25, 0.3) is 22.0 Å². The van der Waals surface area contributed by atoms with E-state index in [2.05, 4.69) is 15.6 Å². The van der Waals surface area contributed by atoms with Crippen LogP contribution in [-0.2, 0) is 4.79 Å². The van der Waals surface area contributed by atoms with Gasteiger partial charge < -0.3 is 20.6 Å². The lowest BCUT2D eigenvalue weighted by Gasteiger charge is -2.30. The zero-order valence-electron chi connectivity index (χ0n) is 21.7. The van der Waals surface area contributed by atoms with Gasteiger partial charge in [-0.15, -0.1) is 12.4 Å². The predicted molar refractivity (Wildman–Crippen MR) is 152 cm³/mol. The summed E-state index contributed by atoms with van der Waals surface area (Å²) in [6.45, 7) is 2.94. The molecule has 0 radical (unpaired) electrons. The van der Waals surface area contributed by atoms with Crippen molar-refractivity contribution in [2.24, 2.45) is 5.92 Å². The summed E-state index contributed by atoms with van der Waals surface area (Å²) >= 11 is 6.00. The standard InChI is InChI=1S/C28H32ClFN4O3.ClH/c1-16(35)22-15-32-25-9-6-18(19-13-23(29)27(36)24(30)14-19)12-21(25)26(22)33-20-7-4-17(5-8-20)28(37)31-10-11-34(2)3;/h6,9,12-15,17,20,36H,4-5,7-8,10-11H2,1-3H3,(H,31,37)(H,32,33);1H. The molecule has 1 aliphatic rings. The maximum Gasteiger partial charge on any atom is 0.223 e. The van der Waals surface area contributed by atoms with E-state index in [4.69, 9.17) is 11.6 Å². The number of amides is 1. The molecule has 1 heterocycles. The lowest BCUT2D eigenvalue weighted by atomic mass is 9.85. The molecular formula is C28H33Cl2FN4O3. The van der Waals surface area contributed by atoms with Crippen LogP contribution < -0.4 is 10.6 Å². The number of aromatic hydroxyl groups is 1. The highest BCUT2D eigenvalue weighted by Crippen LogP contribution is 2.36. The van der Waals surface area contributed by atoms with Crippen LogP contribution in [0.1, 0.15) is 43.0 Å². The lowest BCUT2D eigenvalue weighted by Crippen LogP contribution is -2.38. The van der Waals surface area contributed by atoms with E-state index in [0.717, 1.165) is 37.6 Å². The SMILES string of the molecule is CC(=O)c1cnc2ccc(-c3cc(F)c(O)c(Cl)c3)cc2c1NC1CCC(C(=O)NCCN(C)C)CC1.Cl. The van der Waals surface area contributed by atoms with Crippen molar-refractivity contribution in [3.05, 3.63) is 52.9 Å². The van der Waals surface area contributed by atoms with E-state index >= 15 is 0 Å². The van der Waals surface area contributed by atoms with Crippen LogP contribution in [0, 0.1) is 11.7 Å². The van der Waals surface area contributed by atoms with Gasteiger partial charge in [-0.25, -0.2) is 4.39 Å². The minimum atomic E-state index is -0.806. The van der Waals surface area contributed by atoms with Crippen molar-refractivity contribution in [1.29, 1.82) is 0 Å². The van der Waals surface area contributed by atoms with E-state index in [1.54, 1.807) is 12.3 Å². The summed E-state index contributed by atoms with van der Waals surface area (Å²) in [5, 5.41) is 16.9. The molecule has 10 heteroatoms. The van der Waals surface area contributed by atoms with Gasteiger partial charge >= 0.3 is 0 Å². The van der Waals surface area contributed by atoms with Gasteiger partial charge in [-0.1, -0.05) is 17.7 Å². The molecule has 0 unspecified atom stereocenters. The third-order valence-electron chi connectivity index (χ3n) is 6.90. The number of anilines is 1. The van der Waals surface area contributed by atoms with Crippen molar-refractivity contribution >= 4 is 52.3 Å². The number of aromatic nitrogens is 1. The topological polar surface area (TPSA) is 94.6 Å². The Bertz CT molecular complexity index is 1300. The number of Topliss-reactive ketones (excluding diaryl/α,β-unsaturated/α-hetero) is 1. The average molecular weight is 564 g/mol. The monoisotopic (exact) mass is 562 g/mol. The summed E-state index contributed by atoms with van der Waals surface area (Å²) in [7, 11) is 3.95. The van der Waals surface area contributed by atoms with Gasteiger partial charge in [0.05, 0.1) is 21.8 Å². The van der Waals surface area contributed by atoms with Gasteiger partial charge in [0.2, 0.25) is 5.91 Å². The highest BCUT2D eigenvalue weighted by molar-refractivity contribution is 6.32. The number of hydrogen-bond donors (Lipinski definition) is 3. The summed E-state index contributed by atoms with van der Waals surface area (Å²) in [5.41, 5.74) is 3.03. The number of nitrogens with one attached hydrogen (secondary N) is 2. The number of carbonyl (C=O) groups is 2. The average Bonchev–Trinajstić information content (AvgIpc) is 2.86. The van der Waals surface area contributed by atoms with Crippen molar-refractivity contribution in [2.45, 2.75) is 38.6 Å². The Morgan fingerprint density at radius 3 is 2.47 bits per heavy atom. The Morgan fingerprint density at radius 1 is 1.13 bits per heavy atom. The highest BCUT2D eigenvalue weighted by Gasteiger charge is 2.27. The van der Waals surface area contributed by atoms with E-state index in [0.29, 0.717) is 34.4 Å². The quantitative estimate of drug-likeness (QED) is 0.306. The highest BCUT2D eigenvalue weighted by atomic mass is 35.5. The van der Waals surface area contributed by atoms with Gasteiger partial charge in [-0.05, 0) is 82.1 Å². The second-order valence-electron chi connectivity index (χ2n) is 9.91. The molecule has 1 fully saturated rings. The molecule has 7 nitrogen and oxygen atoms in total. The number of phenolic OH excluding ortho intramolecular Hbond substituents is 1. The molecule has 2 aromatic carbocycles. The number of hydrogen-bond acceptors (Lipinski definition) is 6. The van der Waals surface area contributed by atoms with E-state index in [1.807, 2.05) is 31.1 Å². The van der Waals surface area contributed by atoms with Gasteiger partial charge in [0.25, 0.3) is 0 Å². The summed E-state index contributed by atoms with van der Waals surface area (Å²) in [6, 6.07) is 8.29. The first-order valence-electron chi connectivity index (χ1n) is 12.4. The van der Waals surface area contributed by atoms with E-state index in [9.17, 15) is 19.1 Å². The van der Waals surface area contributed by atoms with Crippen LogP contribution >= 0.6 is 24.0 Å². The molecule has 38 heavy (non-hydrogen) atoms. The van der Waals surface area contributed by atoms with E-state index in [1.165, 1.54) is 19.1 Å². The Balaban J connectivity index is 0.00000400. The van der Waals surface area contributed by atoms with Crippen molar-refractivity contribution in [3.8, 4) is 16.9 Å². The predicted octanol–water partition coefficient (Wildman–Crippen LogP) is 5.67. The largest absolute Gasteiger partial charge is 0.504 e. The first kappa shape index (κ1) is 29.6. The molecular weight excluding hydrogens is 530 g/mol. The first-order valence-corrected chi connectivity index (χ1v) is 12.8. The third kappa shape index (κ3) is 6.73. The molecule has 204 valence electrons. The van der Waals surface area contributed by atoms with Gasteiger partial charge in [-0.3, -0.25) is 14.6 Å². The molecule has 0 spiro atoms. The fourth-order valence-electron chi connectivity index (χ4n) is 4.78. The number of carbonyl (C=O) groups excluding carboxylic acids is 2. The summed E-state index contributed by atoms with van der Waals surface area (Å²) in [5.74, 6) is -1.42. The Labute approximate surface area is 233 Å². The Morgan fingerprint density at radius 2 is 1.84 bits per heavy atom. The van der Waals surface area contributed by atoms with Crippen molar-refractivity contribution in [1.82, 2.24) is 15.2 Å². The number of phenols is 1. The summed E-state index contributed by atoms with van der Waals surface area (Å²) < 4.78 is 14.2. The van der Waals surface area contributed by atoms with E-state index in [-0.39, 0.29) is 41.1 Å². The second-order valence-corrected chi connectivity index (χ2v) is 10.3. The summed E-state index contributed by atoms with van der Waals surface area (Å²) in [6.07, 6.45) is 4.70. The smallest absolute Gasteiger partial charge is 0.223 e. The number of pyridine rings is 1. The van der Waals surface area contributed by atoms with Crippen LogP contribution in [0.15, 0.2) is 36.5 Å². The van der Waals surface area contributed by atoms with Crippen LogP contribution in [0.3, 0.4) is 0 Å². The van der Waals surface area contributed by atoms with Crippen molar-refractivity contribution in [3.63, 3.8) is 0 Å². The third-order valence-corrected chi connectivity index (χ3v) is 7.19.